The zero-order chi connectivity index (χ0) is 21.0. The van der Waals surface area contributed by atoms with Crippen molar-refractivity contribution in [1.82, 2.24) is 0 Å². The van der Waals surface area contributed by atoms with E-state index < -0.39 is 11.9 Å². The maximum atomic E-state index is 12.7. The zero-order valence-corrected chi connectivity index (χ0v) is 17.3. The molecule has 0 spiro atoms. The molecule has 1 N–H and O–H groups in total. The van der Waals surface area contributed by atoms with Gasteiger partial charge in [0.25, 0.3) is 5.91 Å². The Morgan fingerprint density at radius 1 is 1.34 bits per heavy atom. The van der Waals surface area contributed by atoms with Gasteiger partial charge in [0.2, 0.25) is 6.79 Å². The van der Waals surface area contributed by atoms with Crippen LogP contribution in [-0.2, 0) is 16.0 Å². The van der Waals surface area contributed by atoms with Crippen LogP contribution in [-0.4, -0.2) is 25.8 Å². The Morgan fingerprint density at radius 2 is 2.07 bits per heavy atom. The maximum absolute atomic E-state index is 12.7. The first-order valence-corrected chi connectivity index (χ1v) is 9.89. The summed E-state index contributed by atoms with van der Waals surface area (Å²) in [4.78, 5) is 25.6. The minimum absolute atomic E-state index is 0.0825. The number of hydrogen-bond donors (Lipinski definition) is 1. The standard InChI is InChI=1S/C20H17ClN2O5S/c1-3-4-13-7-14(20(25)26-2)19(29-13)23-18(24)12(9-22)5-11-6-16-17(8-15(11)21)28-10-27-16/h5-8H,3-4,10H2,1-2H3,(H,23,24). The molecule has 1 aromatic heterocycles. The first kappa shape index (κ1) is 20.7. The fraction of sp³-hybridized carbons (Fsp3) is 0.250. The average Bonchev–Trinajstić information content (AvgIpc) is 3.31. The highest BCUT2D eigenvalue weighted by Gasteiger charge is 2.21. The normalized spacial score (nSPS) is 12.4. The minimum atomic E-state index is -0.656. The van der Waals surface area contributed by atoms with E-state index in [0.717, 1.165) is 17.7 Å². The molecule has 7 nitrogen and oxygen atoms in total. The van der Waals surface area contributed by atoms with Gasteiger partial charge in [-0.05, 0) is 30.2 Å². The number of esters is 1. The van der Waals surface area contributed by atoms with Gasteiger partial charge in [0.15, 0.2) is 11.5 Å². The van der Waals surface area contributed by atoms with Crippen LogP contribution in [0.5, 0.6) is 11.5 Å². The molecule has 0 bridgehead atoms. The third kappa shape index (κ3) is 4.53. The highest BCUT2D eigenvalue weighted by molar-refractivity contribution is 7.16. The van der Waals surface area contributed by atoms with Gasteiger partial charge in [-0.1, -0.05) is 24.9 Å². The van der Waals surface area contributed by atoms with E-state index in [2.05, 4.69) is 5.32 Å². The molecule has 1 amide bonds. The van der Waals surface area contributed by atoms with Crippen molar-refractivity contribution in [2.45, 2.75) is 19.8 Å². The van der Waals surface area contributed by atoms with E-state index in [0.29, 0.717) is 27.1 Å². The van der Waals surface area contributed by atoms with Gasteiger partial charge in [0.1, 0.15) is 16.6 Å². The second-order valence-corrected chi connectivity index (χ2v) is 7.59. The summed E-state index contributed by atoms with van der Waals surface area (Å²) in [6.45, 7) is 2.10. The van der Waals surface area contributed by atoms with Crippen molar-refractivity contribution in [3.63, 3.8) is 0 Å². The van der Waals surface area contributed by atoms with Crippen LogP contribution in [0.15, 0.2) is 23.8 Å². The van der Waals surface area contributed by atoms with Gasteiger partial charge < -0.3 is 19.5 Å². The quantitative estimate of drug-likeness (QED) is 0.412. The van der Waals surface area contributed by atoms with Crippen molar-refractivity contribution in [3.8, 4) is 17.6 Å². The fourth-order valence-electron chi connectivity index (χ4n) is 2.68. The zero-order valence-electron chi connectivity index (χ0n) is 15.7. The third-order valence-electron chi connectivity index (χ3n) is 4.07. The van der Waals surface area contributed by atoms with Crippen LogP contribution in [0.3, 0.4) is 0 Å². The highest BCUT2D eigenvalue weighted by atomic mass is 35.5. The molecule has 0 radical (unpaired) electrons. The second-order valence-electron chi connectivity index (χ2n) is 6.05. The van der Waals surface area contributed by atoms with Crippen LogP contribution >= 0.6 is 22.9 Å². The smallest absolute Gasteiger partial charge is 0.340 e. The summed E-state index contributed by atoms with van der Waals surface area (Å²) >= 11 is 7.49. The predicted molar refractivity (Wildman–Crippen MR) is 109 cm³/mol. The lowest BCUT2D eigenvalue weighted by molar-refractivity contribution is -0.112. The SMILES string of the molecule is CCCc1cc(C(=O)OC)c(NC(=O)C(C#N)=Cc2cc3c(cc2Cl)OCO3)s1. The number of nitrogens with zero attached hydrogens (tertiary/aromatic N) is 1. The Kier molecular flexibility index (Phi) is 6.42. The van der Waals surface area contributed by atoms with E-state index in [-0.39, 0.29) is 17.9 Å². The topological polar surface area (TPSA) is 97.7 Å². The lowest BCUT2D eigenvalue weighted by Crippen LogP contribution is -2.15. The Bertz CT molecular complexity index is 1040. The lowest BCUT2D eigenvalue weighted by atomic mass is 10.1. The van der Waals surface area contributed by atoms with Gasteiger partial charge in [0, 0.05) is 10.9 Å². The summed E-state index contributed by atoms with van der Waals surface area (Å²) in [7, 11) is 1.27. The van der Waals surface area contributed by atoms with Crippen LogP contribution in [0, 0.1) is 11.3 Å². The number of anilines is 1. The number of aryl methyl sites for hydroxylation is 1. The van der Waals surface area contributed by atoms with Crippen molar-refractivity contribution in [2.24, 2.45) is 0 Å². The Balaban J connectivity index is 1.89. The number of ether oxygens (including phenoxy) is 3. The Morgan fingerprint density at radius 3 is 2.72 bits per heavy atom. The summed E-state index contributed by atoms with van der Waals surface area (Å²) in [5, 5.41) is 12.8. The molecule has 29 heavy (non-hydrogen) atoms. The first-order valence-electron chi connectivity index (χ1n) is 8.70. The molecule has 9 heteroatoms. The van der Waals surface area contributed by atoms with E-state index in [4.69, 9.17) is 25.8 Å². The number of hydrogen-bond acceptors (Lipinski definition) is 7. The molecule has 0 atom stereocenters. The summed E-state index contributed by atoms with van der Waals surface area (Å²) in [6.07, 6.45) is 3.01. The molecule has 1 aromatic carbocycles. The monoisotopic (exact) mass is 432 g/mol. The number of rotatable bonds is 6. The van der Waals surface area contributed by atoms with Crippen molar-refractivity contribution >= 4 is 45.9 Å². The number of nitriles is 1. The van der Waals surface area contributed by atoms with Crippen molar-refractivity contribution in [3.05, 3.63) is 44.8 Å². The third-order valence-corrected chi connectivity index (χ3v) is 5.51. The molecule has 2 aromatic rings. The molecule has 1 aliphatic rings. The molecule has 0 saturated carbocycles. The van der Waals surface area contributed by atoms with Gasteiger partial charge in [0.05, 0.1) is 17.7 Å². The number of nitrogens with one attached hydrogen (secondary N) is 1. The van der Waals surface area contributed by atoms with Gasteiger partial charge in [-0.2, -0.15) is 5.26 Å². The number of halogens is 1. The fourth-order valence-corrected chi connectivity index (χ4v) is 4.03. The van der Waals surface area contributed by atoms with Crippen LogP contribution in [0.4, 0.5) is 5.00 Å². The molecule has 0 fully saturated rings. The van der Waals surface area contributed by atoms with Crippen molar-refractivity contribution in [1.29, 1.82) is 5.26 Å². The van der Waals surface area contributed by atoms with Crippen LogP contribution in [0.25, 0.3) is 6.08 Å². The number of benzene rings is 1. The molecule has 0 unspecified atom stereocenters. The molecule has 3 rings (SSSR count). The number of carbonyl (C=O) groups is 2. The van der Waals surface area contributed by atoms with Crippen LogP contribution in [0.2, 0.25) is 5.02 Å². The molecule has 1 aliphatic heterocycles. The number of carbonyl (C=O) groups excluding carboxylic acids is 2. The van der Waals surface area contributed by atoms with E-state index in [1.165, 1.54) is 24.5 Å². The van der Waals surface area contributed by atoms with Crippen LogP contribution in [0.1, 0.15) is 34.1 Å². The highest BCUT2D eigenvalue weighted by Crippen LogP contribution is 2.37. The van der Waals surface area contributed by atoms with Crippen LogP contribution < -0.4 is 14.8 Å². The van der Waals surface area contributed by atoms with Gasteiger partial charge in [-0.25, -0.2) is 4.79 Å². The molecular formula is C20H17ClN2O5S. The van der Waals surface area contributed by atoms with E-state index in [1.807, 2.05) is 13.0 Å². The predicted octanol–water partition coefficient (Wildman–Crippen LogP) is 4.41. The number of amides is 1. The molecular weight excluding hydrogens is 416 g/mol. The molecule has 0 aliphatic carbocycles. The largest absolute Gasteiger partial charge is 0.465 e. The van der Waals surface area contributed by atoms with Gasteiger partial charge >= 0.3 is 5.97 Å². The number of thiophene rings is 1. The van der Waals surface area contributed by atoms with Gasteiger partial charge in [-0.3, -0.25) is 4.79 Å². The van der Waals surface area contributed by atoms with E-state index in [9.17, 15) is 14.9 Å². The second kappa shape index (κ2) is 8.99. The molecule has 0 saturated heterocycles. The van der Waals surface area contributed by atoms with Crippen molar-refractivity contribution < 1.29 is 23.8 Å². The van der Waals surface area contributed by atoms with Crippen molar-refractivity contribution in [2.75, 3.05) is 19.2 Å². The minimum Gasteiger partial charge on any atom is -0.465 e. The number of fused-ring (bicyclic) bond motifs is 1. The Hall–Kier alpha value is -3.02. The summed E-state index contributed by atoms with van der Waals surface area (Å²) in [5.74, 6) is -0.231. The average molecular weight is 433 g/mol. The first-order chi connectivity index (χ1) is 14.0. The lowest BCUT2D eigenvalue weighted by Gasteiger charge is -2.06. The molecule has 2 heterocycles. The Labute approximate surface area is 176 Å². The summed E-state index contributed by atoms with van der Waals surface area (Å²) in [6, 6.07) is 6.72. The van der Waals surface area contributed by atoms with E-state index in [1.54, 1.807) is 18.2 Å². The van der Waals surface area contributed by atoms with Gasteiger partial charge in [-0.15, -0.1) is 11.3 Å². The molecule has 150 valence electrons. The summed E-state index contributed by atoms with van der Waals surface area (Å²) in [5.41, 5.74) is 0.522. The number of methoxy groups -OCH3 is 1. The summed E-state index contributed by atoms with van der Waals surface area (Å²) < 4.78 is 15.3. The maximum Gasteiger partial charge on any atom is 0.340 e. The van der Waals surface area contributed by atoms with E-state index >= 15 is 0 Å².